The second-order valence-electron chi connectivity index (χ2n) is 9.84. The number of hydrogen-bond donors (Lipinski definition) is 1. The number of thioether (sulfide) groups is 1. The molecule has 41 heavy (non-hydrogen) atoms. The Morgan fingerprint density at radius 1 is 0.829 bits per heavy atom. The molecule has 0 aliphatic heterocycles. The van der Waals surface area contributed by atoms with Gasteiger partial charge in [0.25, 0.3) is 0 Å². The number of halogens is 1. The van der Waals surface area contributed by atoms with Crippen molar-refractivity contribution in [1.29, 1.82) is 0 Å². The zero-order valence-electron chi connectivity index (χ0n) is 22.8. The third-order valence-corrected chi connectivity index (χ3v) is 8.16. The second kappa shape index (κ2) is 14.7. The predicted molar refractivity (Wildman–Crippen MR) is 168 cm³/mol. The standard InChI is InChI=1S/C34H33ClN4OS/c35-29-18-10-19-30(25-29)39-32(24-26-12-4-1-5-13-26)37-38-34(39)41-23-11-20-33(40)36-22-21-31(27-14-6-2-7-15-27)28-16-8-3-9-17-28/h1-10,12-19,25,31H,11,20-24H2,(H,36,40). The van der Waals surface area contributed by atoms with Crippen molar-refractivity contribution in [1.82, 2.24) is 20.1 Å². The van der Waals surface area contributed by atoms with Crippen LogP contribution in [0.2, 0.25) is 5.02 Å². The molecule has 4 aromatic carbocycles. The van der Waals surface area contributed by atoms with Gasteiger partial charge in [0, 0.05) is 36.1 Å². The first kappa shape index (κ1) is 28.7. The molecule has 1 N–H and O–H groups in total. The number of carbonyl (C=O) groups excluding carboxylic acids is 1. The average molecular weight is 581 g/mol. The third-order valence-electron chi connectivity index (χ3n) is 6.91. The lowest BCUT2D eigenvalue weighted by molar-refractivity contribution is -0.121. The van der Waals surface area contributed by atoms with Gasteiger partial charge in [-0.2, -0.15) is 0 Å². The minimum Gasteiger partial charge on any atom is -0.356 e. The van der Waals surface area contributed by atoms with Crippen molar-refractivity contribution in [2.24, 2.45) is 0 Å². The Bertz CT molecular complexity index is 1490. The Morgan fingerprint density at radius 2 is 1.49 bits per heavy atom. The lowest BCUT2D eigenvalue weighted by Gasteiger charge is -2.18. The molecule has 0 bridgehead atoms. The van der Waals surface area contributed by atoms with Crippen LogP contribution in [0.5, 0.6) is 0 Å². The molecule has 1 heterocycles. The van der Waals surface area contributed by atoms with Crippen LogP contribution in [0.1, 0.15) is 47.7 Å². The van der Waals surface area contributed by atoms with Crippen molar-refractivity contribution in [3.63, 3.8) is 0 Å². The maximum Gasteiger partial charge on any atom is 0.220 e. The summed E-state index contributed by atoms with van der Waals surface area (Å²) in [6, 6.07) is 38.9. The number of nitrogens with zero attached hydrogens (tertiary/aromatic N) is 3. The van der Waals surface area contributed by atoms with Gasteiger partial charge in [-0.15, -0.1) is 10.2 Å². The fourth-order valence-electron chi connectivity index (χ4n) is 4.90. The monoisotopic (exact) mass is 580 g/mol. The van der Waals surface area contributed by atoms with Crippen LogP contribution < -0.4 is 5.32 Å². The first-order valence-electron chi connectivity index (χ1n) is 13.9. The zero-order valence-corrected chi connectivity index (χ0v) is 24.4. The van der Waals surface area contributed by atoms with Gasteiger partial charge in [0.2, 0.25) is 5.91 Å². The van der Waals surface area contributed by atoms with Crippen LogP contribution in [0.15, 0.2) is 120 Å². The minimum atomic E-state index is 0.0755. The Balaban J connectivity index is 1.15. The topological polar surface area (TPSA) is 59.8 Å². The van der Waals surface area contributed by atoms with Crippen molar-refractivity contribution >= 4 is 29.3 Å². The SMILES string of the molecule is O=C(CCCSc1nnc(Cc2ccccc2)n1-c1cccc(Cl)c1)NCCC(c1ccccc1)c1ccccc1. The molecule has 208 valence electrons. The van der Waals surface area contributed by atoms with E-state index in [1.807, 2.05) is 54.6 Å². The van der Waals surface area contributed by atoms with E-state index in [0.29, 0.717) is 24.4 Å². The first-order chi connectivity index (χ1) is 20.2. The predicted octanol–water partition coefficient (Wildman–Crippen LogP) is 7.72. The smallest absolute Gasteiger partial charge is 0.220 e. The molecule has 0 saturated carbocycles. The van der Waals surface area contributed by atoms with Crippen LogP contribution in [-0.2, 0) is 11.2 Å². The molecular formula is C34H33ClN4OS. The second-order valence-corrected chi connectivity index (χ2v) is 11.3. The molecule has 0 aliphatic rings. The van der Waals surface area contributed by atoms with Crippen molar-refractivity contribution in [2.45, 2.75) is 36.8 Å². The van der Waals surface area contributed by atoms with Gasteiger partial charge in [-0.3, -0.25) is 9.36 Å². The number of nitrogens with one attached hydrogen (secondary N) is 1. The Hall–Kier alpha value is -3.87. The van der Waals surface area contributed by atoms with Crippen LogP contribution in [0.25, 0.3) is 5.69 Å². The molecule has 0 atom stereocenters. The molecule has 0 fully saturated rings. The number of aromatic nitrogens is 3. The number of benzene rings is 4. The van der Waals surface area contributed by atoms with Gasteiger partial charge in [-0.1, -0.05) is 120 Å². The van der Waals surface area contributed by atoms with Gasteiger partial charge in [-0.25, -0.2) is 0 Å². The summed E-state index contributed by atoms with van der Waals surface area (Å²) in [5.41, 5.74) is 4.62. The highest BCUT2D eigenvalue weighted by Gasteiger charge is 2.17. The van der Waals surface area contributed by atoms with Crippen molar-refractivity contribution in [3.05, 3.63) is 143 Å². The summed E-state index contributed by atoms with van der Waals surface area (Å²) in [7, 11) is 0. The molecule has 5 aromatic rings. The van der Waals surface area contributed by atoms with E-state index in [2.05, 4.69) is 80.7 Å². The summed E-state index contributed by atoms with van der Waals surface area (Å²) in [5, 5.41) is 13.6. The molecule has 7 heteroatoms. The Kier molecular flexibility index (Phi) is 10.3. The van der Waals surface area contributed by atoms with Gasteiger partial charge < -0.3 is 5.32 Å². The highest BCUT2D eigenvalue weighted by molar-refractivity contribution is 7.99. The number of amides is 1. The lowest BCUT2D eigenvalue weighted by Crippen LogP contribution is -2.25. The van der Waals surface area contributed by atoms with Crippen LogP contribution in [-0.4, -0.2) is 33.0 Å². The maximum absolute atomic E-state index is 12.7. The molecule has 0 spiro atoms. The van der Waals surface area contributed by atoms with E-state index in [9.17, 15) is 4.79 Å². The Morgan fingerprint density at radius 3 is 2.15 bits per heavy atom. The maximum atomic E-state index is 12.7. The van der Waals surface area contributed by atoms with E-state index in [0.717, 1.165) is 40.8 Å². The quantitative estimate of drug-likeness (QED) is 0.114. The molecule has 1 aromatic heterocycles. The number of rotatable bonds is 13. The molecule has 0 radical (unpaired) electrons. The van der Waals surface area contributed by atoms with Gasteiger partial charge in [0.15, 0.2) is 5.16 Å². The summed E-state index contributed by atoms with van der Waals surface area (Å²) in [5.74, 6) is 1.93. The minimum absolute atomic E-state index is 0.0755. The molecule has 0 unspecified atom stereocenters. The molecule has 0 saturated heterocycles. The molecule has 5 nitrogen and oxygen atoms in total. The first-order valence-corrected chi connectivity index (χ1v) is 15.3. The van der Waals surface area contributed by atoms with E-state index in [1.165, 1.54) is 11.1 Å². The normalized spacial score (nSPS) is 11.1. The summed E-state index contributed by atoms with van der Waals surface area (Å²) in [6.45, 7) is 0.631. The summed E-state index contributed by atoms with van der Waals surface area (Å²) >= 11 is 7.92. The third kappa shape index (κ3) is 8.09. The molecule has 1 amide bonds. The van der Waals surface area contributed by atoms with Crippen molar-refractivity contribution < 1.29 is 4.79 Å². The van der Waals surface area contributed by atoms with E-state index >= 15 is 0 Å². The van der Waals surface area contributed by atoms with E-state index < -0.39 is 0 Å². The molecule has 5 rings (SSSR count). The summed E-state index contributed by atoms with van der Waals surface area (Å²) < 4.78 is 2.07. The highest BCUT2D eigenvalue weighted by Crippen LogP contribution is 2.28. The van der Waals surface area contributed by atoms with Gasteiger partial charge in [0.1, 0.15) is 5.82 Å². The largest absolute Gasteiger partial charge is 0.356 e. The van der Waals surface area contributed by atoms with Crippen molar-refractivity contribution in [2.75, 3.05) is 12.3 Å². The number of hydrogen-bond acceptors (Lipinski definition) is 4. The van der Waals surface area contributed by atoms with Crippen LogP contribution in [0.4, 0.5) is 0 Å². The van der Waals surface area contributed by atoms with E-state index in [1.54, 1.807) is 11.8 Å². The van der Waals surface area contributed by atoms with E-state index in [-0.39, 0.29) is 11.8 Å². The highest BCUT2D eigenvalue weighted by atomic mass is 35.5. The fraction of sp³-hybridized carbons (Fsp3) is 0.206. The van der Waals surface area contributed by atoms with Crippen molar-refractivity contribution in [3.8, 4) is 5.69 Å². The van der Waals surface area contributed by atoms with Gasteiger partial charge >= 0.3 is 0 Å². The van der Waals surface area contributed by atoms with Gasteiger partial charge in [0.05, 0.1) is 5.69 Å². The van der Waals surface area contributed by atoms with Gasteiger partial charge in [-0.05, 0) is 47.7 Å². The zero-order chi connectivity index (χ0) is 28.3. The van der Waals surface area contributed by atoms with E-state index in [4.69, 9.17) is 11.6 Å². The van der Waals surface area contributed by atoms with Crippen LogP contribution in [0, 0.1) is 0 Å². The fourth-order valence-corrected chi connectivity index (χ4v) is 5.99. The number of carbonyl (C=O) groups is 1. The molecular weight excluding hydrogens is 548 g/mol. The average Bonchev–Trinajstić information content (AvgIpc) is 3.41. The summed E-state index contributed by atoms with van der Waals surface area (Å²) in [6.07, 6.45) is 2.72. The van der Waals surface area contributed by atoms with Crippen LogP contribution >= 0.6 is 23.4 Å². The summed E-state index contributed by atoms with van der Waals surface area (Å²) in [4.78, 5) is 12.7. The van der Waals surface area contributed by atoms with Crippen LogP contribution in [0.3, 0.4) is 0 Å². The lowest BCUT2D eigenvalue weighted by atomic mass is 9.88. The Labute approximate surface area is 251 Å². The molecule has 0 aliphatic carbocycles.